The Balaban J connectivity index is 1.14. The maximum absolute atomic E-state index is 2.52. The molecule has 0 saturated carbocycles. The zero-order valence-corrected chi connectivity index (χ0v) is 33.9. The molecule has 0 atom stereocenters. The van der Waals surface area contributed by atoms with Gasteiger partial charge < -0.3 is 18.4 Å². The van der Waals surface area contributed by atoms with Gasteiger partial charge >= 0.3 is 0 Å². The smallest absolute Gasteiger partial charge is 0.0724 e. The summed E-state index contributed by atoms with van der Waals surface area (Å²) >= 11 is 0. The van der Waals surface area contributed by atoms with E-state index < -0.39 is 0 Å². The molecule has 0 unspecified atom stereocenters. The van der Waals surface area contributed by atoms with Crippen LogP contribution in [0.2, 0.25) is 0 Å². The number of anilines is 3. The fraction of sp³-hybridized carbons (Fsp3) is 0.0526. The second kappa shape index (κ2) is 12.6. The predicted octanol–water partition coefficient (Wildman–Crippen LogP) is 15.1. The van der Waals surface area contributed by atoms with Crippen LogP contribution in [-0.4, -0.2) is 13.5 Å². The van der Waals surface area contributed by atoms with Gasteiger partial charge in [-0.1, -0.05) is 141 Å². The van der Waals surface area contributed by atoms with Crippen LogP contribution in [0, 0.1) is 0 Å². The molecule has 4 heteroatoms. The quantitative estimate of drug-likeness (QED) is 0.175. The van der Waals surface area contributed by atoms with Crippen LogP contribution in [0.15, 0.2) is 206 Å². The molecule has 1 aliphatic rings. The van der Waals surface area contributed by atoms with Gasteiger partial charge in [-0.15, -0.1) is 0 Å². The van der Waals surface area contributed by atoms with Gasteiger partial charge in [0, 0.05) is 54.8 Å². The van der Waals surface area contributed by atoms with E-state index in [1.807, 2.05) is 0 Å². The molecule has 61 heavy (non-hydrogen) atoms. The first-order chi connectivity index (χ1) is 30.1. The zero-order chi connectivity index (χ0) is 40.4. The van der Waals surface area contributed by atoms with E-state index in [2.05, 4.69) is 239 Å². The summed E-state index contributed by atoms with van der Waals surface area (Å²) in [4.78, 5) is 2.43. The SMILES string of the molecule is CC1(C)c2ccccc2N(c2ccc(-n3c4ccccc4c4cc5c(cc43)n(-c3ccccc3)c3ccccc3c3cccc4c6ccccc6n5c34)cc2)c2ccccc21. The number of fused-ring (bicyclic) bond motifs is 12. The van der Waals surface area contributed by atoms with Gasteiger partial charge in [0.15, 0.2) is 0 Å². The van der Waals surface area contributed by atoms with Crippen LogP contribution in [0.3, 0.4) is 0 Å². The summed E-state index contributed by atoms with van der Waals surface area (Å²) in [7, 11) is 0. The third-order valence-electron chi connectivity index (χ3n) is 13.4. The van der Waals surface area contributed by atoms with Crippen LogP contribution in [0.5, 0.6) is 0 Å². The highest BCUT2D eigenvalue weighted by Gasteiger charge is 2.36. The van der Waals surface area contributed by atoms with Crippen LogP contribution in [0.25, 0.3) is 82.3 Å². The van der Waals surface area contributed by atoms with Crippen LogP contribution >= 0.6 is 0 Å². The molecule has 288 valence electrons. The minimum absolute atomic E-state index is 0.113. The van der Waals surface area contributed by atoms with Crippen molar-refractivity contribution in [2.75, 3.05) is 4.90 Å². The van der Waals surface area contributed by atoms with E-state index in [0.717, 1.165) is 39.1 Å². The Hall–Kier alpha value is -7.82. The Morgan fingerprint density at radius 1 is 0.311 bits per heavy atom. The van der Waals surface area contributed by atoms with Gasteiger partial charge in [0.2, 0.25) is 0 Å². The molecule has 12 aromatic rings. The van der Waals surface area contributed by atoms with Crippen molar-refractivity contribution in [1.29, 1.82) is 0 Å². The third-order valence-corrected chi connectivity index (χ3v) is 13.4. The molecule has 0 fully saturated rings. The van der Waals surface area contributed by atoms with Gasteiger partial charge in [-0.3, -0.25) is 0 Å². The molecule has 0 aliphatic carbocycles. The molecule has 0 saturated heterocycles. The summed E-state index contributed by atoms with van der Waals surface area (Å²) in [6.45, 7) is 4.68. The highest BCUT2D eigenvalue weighted by atomic mass is 15.2. The van der Waals surface area contributed by atoms with Crippen LogP contribution in [0.4, 0.5) is 17.1 Å². The standard InChI is InChI=1S/C57H40N4/c1-57(2)46-24-9-14-29-51(46)60(52-30-15-10-25-47(52)57)39-33-31-38(32-34-39)58-49-27-12-8-21-42(49)45-35-54-55(36-53(45)58)59(37-17-4-3-5-18-37)48-26-11-6-19-40(48)43-22-16-23-44-41-20-7-13-28-50(41)61(54)56(43)44/h3-36H,1-2H3. The Labute approximate surface area is 353 Å². The average Bonchev–Trinajstić information content (AvgIpc) is 3.82. The fourth-order valence-electron chi connectivity index (χ4n) is 10.7. The first kappa shape index (κ1) is 34.1. The third kappa shape index (κ3) is 4.70. The number of aromatic nitrogens is 3. The zero-order valence-electron chi connectivity index (χ0n) is 33.9. The van der Waals surface area contributed by atoms with Crippen LogP contribution < -0.4 is 4.90 Å². The predicted molar refractivity (Wildman–Crippen MR) is 257 cm³/mol. The van der Waals surface area contributed by atoms with Gasteiger partial charge in [0.25, 0.3) is 0 Å². The molecule has 4 nitrogen and oxygen atoms in total. The van der Waals surface area contributed by atoms with E-state index in [1.54, 1.807) is 0 Å². The number of hydrogen-bond donors (Lipinski definition) is 0. The maximum atomic E-state index is 2.52. The number of benzene rings is 9. The molecule has 0 radical (unpaired) electrons. The molecule has 3 aromatic heterocycles. The lowest BCUT2D eigenvalue weighted by molar-refractivity contribution is 0.632. The Morgan fingerprint density at radius 3 is 1.41 bits per heavy atom. The lowest BCUT2D eigenvalue weighted by Crippen LogP contribution is -2.30. The van der Waals surface area contributed by atoms with Gasteiger partial charge in [-0.25, -0.2) is 0 Å². The number of nitrogens with zero attached hydrogens (tertiary/aromatic N) is 4. The number of para-hydroxylation sites is 7. The molecular formula is C57H40N4. The highest BCUT2D eigenvalue weighted by molar-refractivity contribution is 6.22. The lowest BCUT2D eigenvalue weighted by Gasteiger charge is -2.42. The minimum Gasteiger partial charge on any atom is -0.310 e. The summed E-state index contributed by atoms with van der Waals surface area (Å²) in [6.07, 6.45) is 0. The van der Waals surface area contributed by atoms with Crippen molar-refractivity contribution in [3.8, 4) is 11.4 Å². The van der Waals surface area contributed by atoms with E-state index in [1.165, 1.54) is 71.4 Å². The highest BCUT2D eigenvalue weighted by Crippen LogP contribution is 2.52. The van der Waals surface area contributed by atoms with Gasteiger partial charge in [0.05, 0.1) is 50.0 Å². The summed E-state index contributed by atoms with van der Waals surface area (Å²) in [5.41, 5.74) is 16.5. The van der Waals surface area contributed by atoms with Gasteiger partial charge in [-0.2, -0.15) is 0 Å². The molecule has 0 amide bonds. The van der Waals surface area contributed by atoms with E-state index in [0.29, 0.717) is 0 Å². The van der Waals surface area contributed by atoms with E-state index >= 15 is 0 Å². The van der Waals surface area contributed by atoms with Crippen molar-refractivity contribution >= 4 is 88.0 Å². The van der Waals surface area contributed by atoms with E-state index in [4.69, 9.17) is 0 Å². The Kier molecular flexibility index (Phi) is 7.04. The summed E-state index contributed by atoms with van der Waals surface area (Å²) in [5, 5.41) is 7.37. The van der Waals surface area contributed by atoms with E-state index in [-0.39, 0.29) is 5.41 Å². The molecule has 4 heterocycles. The van der Waals surface area contributed by atoms with Crippen molar-refractivity contribution in [3.63, 3.8) is 0 Å². The van der Waals surface area contributed by atoms with E-state index in [9.17, 15) is 0 Å². The topological polar surface area (TPSA) is 17.5 Å². The minimum atomic E-state index is -0.113. The second-order valence-electron chi connectivity index (χ2n) is 17.0. The normalized spacial score (nSPS) is 13.5. The van der Waals surface area contributed by atoms with Crippen molar-refractivity contribution in [2.24, 2.45) is 0 Å². The Bertz CT molecular complexity index is 3740. The lowest BCUT2D eigenvalue weighted by atomic mass is 9.73. The molecule has 1 aliphatic heterocycles. The largest absolute Gasteiger partial charge is 0.310 e. The van der Waals surface area contributed by atoms with Crippen LogP contribution in [0.1, 0.15) is 25.0 Å². The first-order valence-corrected chi connectivity index (χ1v) is 21.2. The molecule has 0 N–H and O–H groups in total. The first-order valence-electron chi connectivity index (χ1n) is 21.2. The summed E-state index contributed by atoms with van der Waals surface area (Å²) in [6, 6.07) is 76.1. The average molecular weight is 781 g/mol. The fourth-order valence-corrected chi connectivity index (χ4v) is 10.7. The van der Waals surface area contributed by atoms with Crippen molar-refractivity contribution < 1.29 is 0 Å². The van der Waals surface area contributed by atoms with Crippen molar-refractivity contribution in [3.05, 3.63) is 217 Å². The number of hydrogen-bond acceptors (Lipinski definition) is 1. The second-order valence-corrected chi connectivity index (χ2v) is 17.0. The molecule has 0 bridgehead atoms. The van der Waals surface area contributed by atoms with Crippen molar-refractivity contribution in [2.45, 2.75) is 19.3 Å². The Morgan fingerprint density at radius 2 is 0.770 bits per heavy atom. The van der Waals surface area contributed by atoms with Crippen LogP contribution in [-0.2, 0) is 5.41 Å². The van der Waals surface area contributed by atoms with Crippen molar-refractivity contribution in [1.82, 2.24) is 13.5 Å². The molecular weight excluding hydrogens is 741 g/mol. The van der Waals surface area contributed by atoms with Gasteiger partial charge in [-0.05, 0) is 90.0 Å². The molecule has 9 aromatic carbocycles. The molecule has 0 spiro atoms. The molecule has 13 rings (SSSR count). The maximum Gasteiger partial charge on any atom is 0.0724 e. The van der Waals surface area contributed by atoms with Gasteiger partial charge in [0.1, 0.15) is 0 Å². The monoisotopic (exact) mass is 780 g/mol. The number of rotatable bonds is 3. The summed E-state index contributed by atoms with van der Waals surface area (Å²) < 4.78 is 7.46. The summed E-state index contributed by atoms with van der Waals surface area (Å²) in [5.74, 6) is 0.